The Morgan fingerprint density at radius 1 is 0.895 bits per heavy atom. The van der Waals surface area contributed by atoms with Gasteiger partial charge in [0, 0.05) is 11.3 Å². The van der Waals surface area contributed by atoms with Crippen molar-refractivity contribution in [1.82, 2.24) is 0 Å². The fraction of sp³-hybridized carbons (Fsp3) is 0.188. The average Bonchev–Trinajstić information content (AvgIpc) is 3.18. The number of carbonyl (C=O) groups is 2. The molecule has 0 radical (unpaired) electrons. The van der Waals surface area contributed by atoms with Crippen LogP contribution in [-0.4, -0.2) is 30.5 Å². The zero-order chi connectivity index (χ0) is 27.0. The molecule has 1 fully saturated rings. The number of rotatable bonds is 6. The highest BCUT2D eigenvalue weighted by atomic mass is 16.5. The maximum Gasteiger partial charge on any atom is 0.300 e. The molecule has 0 spiro atoms. The molecule has 1 saturated heterocycles. The number of aliphatic hydroxyl groups is 1. The number of benzene rings is 4. The summed E-state index contributed by atoms with van der Waals surface area (Å²) < 4.78 is 11.3. The second kappa shape index (κ2) is 10.1. The van der Waals surface area contributed by atoms with Crippen molar-refractivity contribution in [2.45, 2.75) is 26.8 Å². The molecule has 1 aliphatic rings. The highest BCUT2D eigenvalue weighted by Gasteiger charge is 2.47. The third-order valence-electron chi connectivity index (χ3n) is 6.88. The van der Waals surface area contributed by atoms with Gasteiger partial charge in [-0.15, -0.1) is 0 Å². The van der Waals surface area contributed by atoms with Crippen molar-refractivity contribution in [1.29, 1.82) is 0 Å². The van der Waals surface area contributed by atoms with E-state index in [9.17, 15) is 14.7 Å². The fourth-order valence-corrected chi connectivity index (χ4v) is 5.10. The third-order valence-corrected chi connectivity index (χ3v) is 6.88. The van der Waals surface area contributed by atoms with E-state index < -0.39 is 17.7 Å². The average molecular weight is 508 g/mol. The first-order chi connectivity index (χ1) is 18.3. The molecule has 0 aromatic heterocycles. The Morgan fingerprint density at radius 3 is 2.37 bits per heavy atom. The zero-order valence-corrected chi connectivity index (χ0v) is 21.8. The molecule has 4 aromatic rings. The summed E-state index contributed by atoms with van der Waals surface area (Å²) in [7, 11) is 1.55. The molecule has 0 saturated carbocycles. The van der Waals surface area contributed by atoms with E-state index in [0.29, 0.717) is 34.9 Å². The highest BCUT2D eigenvalue weighted by molar-refractivity contribution is 6.51. The summed E-state index contributed by atoms with van der Waals surface area (Å²) in [5.41, 5.74) is 3.60. The molecular formula is C32H29NO5. The van der Waals surface area contributed by atoms with Crippen molar-refractivity contribution in [3.8, 4) is 11.5 Å². The summed E-state index contributed by atoms with van der Waals surface area (Å²) in [4.78, 5) is 28.7. The van der Waals surface area contributed by atoms with Crippen LogP contribution in [0.3, 0.4) is 0 Å². The van der Waals surface area contributed by atoms with Gasteiger partial charge in [0.1, 0.15) is 5.76 Å². The van der Waals surface area contributed by atoms with Gasteiger partial charge >= 0.3 is 0 Å². The van der Waals surface area contributed by atoms with Gasteiger partial charge in [-0.3, -0.25) is 14.5 Å². The van der Waals surface area contributed by atoms with E-state index in [-0.39, 0.29) is 11.3 Å². The lowest BCUT2D eigenvalue weighted by Gasteiger charge is -2.27. The number of aliphatic hydroxyl groups excluding tert-OH is 1. The number of aryl methyl sites for hydroxylation is 2. The van der Waals surface area contributed by atoms with Crippen LogP contribution in [-0.2, 0) is 9.59 Å². The molecule has 6 heteroatoms. The molecule has 6 nitrogen and oxygen atoms in total. The number of nitrogens with zero attached hydrogens (tertiary/aromatic N) is 1. The minimum Gasteiger partial charge on any atom is -0.507 e. The minimum atomic E-state index is -0.868. The van der Waals surface area contributed by atoms with Crippen molar-refractivity contribution in [3.63, 3.8) is 0 Å². The predicted octanol–water partition coefficient (Wildman–Crippen LogP) is 6.49. The SMILES string of the molecule is CCOc1cc(C2/C(=C(\O)c3ccc4ccccc4c3)C(=O)C(=O)N2c2ccc(C)cc2C)ccc1OC. The second-order valence-electron chi connectivity index (χ2n) is 9.36. The van der Waals surface area contributed by atoms with Gasteiger partial charge in [-0.1, -0.05) is 60.2 Å². The van der Waals surface area contributed by atoms with Crippen LogP contribution in [0.5, 0.6) is 11.5 Å². The number of anilines is 1. The number of ketones is 1. The number of carbonyl (C=O) groups excluding carboxylic acids is 2. The summed E-state index contributed by atoms with van der Waals surface area (Å²) in [6.07, 6.45) is 0. The van der Waals surface area contributed by atoms with Gasteiger partial charge in [0.2, 0.25) is 0 Å². The Balaban J connectivity index is 1.76. The van der Waals surface area contributed by atoms with E-state index in [1.807, 2.05) is 75.4 Å². The molecule has 4 aromatic carbocycles. The monoisotopic (exact) mass is 507 g/mol. The number of hydrogen-bond donors (Lipinski definition) is 1. The maximum atomic E-state index is 13.6. The van der Waals surface area contributed by atoms with Crippen LogP contribution < -0.4 is 14.4 Å². The van der Waals surface area contributed by atoms with Crippen LogP contribution in [0.4, 0.5) is 5.69 Å². The van der Waals surface area contributed by atoms with Crippen LogP contribution >= 0.6 is 0 Å². The quantitative estimate of drug-likeness (QED) is 0.183. The van der Waals surface area contributed by atoms with E-state index in [0.717, 1.165) is 21.9 Å². The van der Waals surface area contributed by atoms with E-state index >= 15 is 0 Å². The van der Waals surface area contributed by atoms with Crippen molar-refractivity contribution in [2.24, 2.45) is 0 Å². The highest BCUT2D eigenvalue weighted by Crippen LogP contribution is 2.45. The van der Waals surface area contributed by atoms with Crippen LogP contribution in [0.2, 0.25) is 0 Å². The van der Waals surface area contributed by atoms with E-state index in [1.165, 1.54) is 4.90 Å². The molecule has 1 heterocycles. The number of amides is 1. The molecule has 1 N–H and O–H groups in total. The van der Waals surface area contributed by atoms with Gasteiger partial charge in [-0.25, -0.2) is 0 Å². The lowest BCUT2D eigenvalue weighted by Crippen LogP contribution is -2.30. The van der Waals surface area contributed by atoms with Gasteiger partial charge in [0.25, 0.3) is 11.7 Å². The normalized spacial score (nSPS) is 16.7. The van der Waals surface area contributed by atoms with E-state index in [4.69, 9.17) is 9.47 Å². The molecule has 1 amide bonds. The van der Waals surface area contributed by atoms with Crippen LogP contribution in [0.1, 0.15) is 35.2 Å². The van der Waals surface area contributed by atoms with Gasteiger partial charge in [-0.05, 0) is 66.9 Å². The topological polar surface area (TPSA) is 76.1 Å². The van der Waals surface area contributed by atoms with Crippen molar-refractivity contribution in [3.05, 3.63) is 107 Å². The molecule has 0 aliphatic carbocycles. The Hall–Kier alpha value is -4.58. The number of hydrogen-bond acceptors (Lipinski definition) is 5. The van der Waals surface area contributed by atoms with E-state index in [1.54, 1.807) is 31.4 Å². The number of fused-ring (bicyclic) bond motifs is 1. The summed E-state index contributed by atoms with van der Waals surface area (Å²) in [5.74, 6) is -0.634. The smallest absolute Gasteiger partial charge is 0.300 e. The number of Topliss-reactive ketones (excluding diaryl/α,β-unsaturated/α-hetero) is 1. The van der Waals surface area contributed by atoms with Crippen molar-refractivity contribution in [2.75, 3.05) is 18.6 Å². The number of ether oxygens (including phenoxy) is 2. The van der Waals surface area contributed by atoms with Crippen LogP contribution in [0, 0.1) is 13.8 Å². The fourth-order valence-electron chi connectivity index (χ4n) is 5.10. The van der Waals surface area contributed by atoms with Crippen molar-refractivity contribution >= 4 is 33.9 Å². The first-order valence-electron chi connectivity index (χ1n) is 12.5. The molecule has 38 heavy (non-hydrogen) atoms. The molecule has 5 rings (SSSR count). The summed E-state index contributed by atoms with van der Waals surface area (Å²) in [6.45, 7) is 6.16. The molecule has 1 aliphatic heterocycles. The van der Waals surface area contributed by atoms with E-state index in [2.05, 4.69) is 0 Å². The summed E-state index contributed by atoms with van der Waals surface area (Å²) in [5, 5.41) is 13.5. The molecule has 0 bridgehead atoms. The van der Waals surface area contributed by atoms with Crippen LogP contribution in [0.15, 0.2) is 84.4 Å². The Labute approximate surface area is 221 Å². The van der Waals surface area contributed by atoms with Crippen LogP contribution in [0.25, 0.3) is 16.5 Å². The van der Waals surface area contributed by atoms with Crippen molar-refractivity contribution < 1.29 is 24.2 Å². The van der Waals surface area contributed by atoms with Gasteiger partial charge in [0.05, 0.1) is 25.3 Å². The second-order valence-corrected chi connectivity index (χ2v) is 9.36. The molecule has 1 atom stereocenters. The lowest BCUT2D eigenvalue weighted by molar-refractivity contribution is -0.132. The Bertz CT molecular complexity index is 1600. The largest absolute Gasteiger partial charge is 0.507 e. The Kier molecular flexibility index (Phi) is 6.64. The summed E-state index contributed by atoms with van der Waals surface area (Å²) in [6, 6.07) is 23.4. The van der Waals surface area contributed by atoms with Gasteiger partial charge in [0.15, 0.2) is 11.5 Å². The first-order valence-corrected chi connectivity index (χ1v) is 12.5. The van der Waals surface area contributed by atoms with Gasteiger partial charge < -0.3 is 14.6 Å². The summed E-state index contributed by atoms with van der Waals surface area (Å²) >= 11 is 0. The Morgan fingerprint density at radius 2 is 1.66 bits per heavy atom. The predicted molar refractivity (Wildman–Crippen MR) is 149 cm³/mol. The molecular weight excluding hydrogens is 478 g/mol. The minimum absolute atomic E-state index is 0.0258. The lowest BCUT2D eigenvalue weighted by atomic mass is 9.94. The number of methoxy groups -OCH3 is 1. The maximum absolute atomic E-state index is 13.6. The third kappa shape index (κ3) is 4.28. The molecule has 1 unspecified atom stereocenters. The first kappa shape index (κ1) is 25.1. The molecule has 192 valence electrons. The standard InChI is InChI=1S/C32H29NO5/c1-5-38-27-18-23(13-15-26(27)37-4)29-28(30(34)24-12-11-21-8-6-7-9-22(21)17-24)31(35)32(36)33(29)25-14-10-19(2)16-20(25)3/h6-18,29,34H,5H2,1-4H3/b30-28+. The van der Waals surface area contributed by atoms with Gasteiger partial charge in [-0.2, -0.15) is 0 Å². The zero-order valence-electron chi connectivity index (χ0n) is 21.8.